The van der Waals surface area contributed by atoms with E-state index in [1.54, 1.807) is 29.9 Å². The molecule has 3 rings (SSSR count). The summed E-state index contributed by atoms with van der Waals surface area (Å²) in [6.07, 6.45) is 8.56. The Hall–Kier alpha value is -1.99. The first-order chi connectivity index (χ1) is 8.88. The molecule has 0 unspecified atom stereocenters. The lowest BCUT2D eigenvalue weighted by atomic mass is 10.1. The molecule has 0 amide bonds. The van der Waals surface area contributed by atoms with E-state index >= 15 is 0 Å². The van der Waals surface area contributed by atoms with Crippen molar-refractivity contribution < 1.29 is 0 Å². The third-order valence-corrected chi connectivity index (χ3v) is 4.23. The zero-order chi connectivity index (χ0) is 12.4. The molecule has 0 radical (unpaired) electrons. The van der Waals surface area contributed by atoms with Crippen LogP contribution >= 0.6 is 11.3 Å². The summed E-state index contributed by atoms with van der Waals surface area (Å²) in [6, 6.07) is 6.12. The van der Waals surface area contributed by atoms with Crippen molar-refractivity contribution in [2.24, 2.45) is 4.99 Å². The van der Waals surface area contributed by atoms with Crippen LogP contribution in [-0.2, 0) is 12.8 Å². The molecular weight excluding hydrogens is 242 g/mol. The van der Waals surface area contributed by atoms with E-state index in [1.807, 2.05) is 12.1 Å². The molecule has 2 aromatic heterocycles. The Morgan fingerprint density at radius 1 is 1.44 bits per heavy atom. The summed E-state index contributed by atoms with van der Waals surface area (Å²) in [4.78, 5) is 9.82. The van der Waals surface area contributed by atoms with Gasteiger partial charge in [0.05, 0.1) is 5.56 Å². The van der Waals surface area contributed by atoms with Crippen molar-refractivity contribution in [2.45, 2.75) is 19.3 Å². The smallest absolute Gasteiger partial charge is 0.134 e. The summed E-state index contributed by atoms with van der Waals surface area (Å²) >= 11 is 1.65. The molecule has 1 aliphatic carbocycles. The van der Waals surface area contributed by atoms with Crippen molar-refractivity contribution in [1.29, 1.82) is 5.26 Å². The first-order valence-corrected chi connectivity index (χ1v) is 6.69. The van der Waals surface area contributed by atoms with Crippen LogP contribution in [0.4, 0.5) is 5.00 Å². The predicted molar refractivity (Wildman–Crippen MR) is 72.6 cm³/mol. The van der Waals surface area contributed by atoms with E-state index in [1.165, 1.54) is 16.9 Å². The van der Waals surface area contributed by atoms with Crippen molar-refractivity contribution >= 4 is 22.6 Å². The lowest BCUT2D eigenvalue weighted by molar-refractivity contribution is 0.913. The summed E-state index contributed by atoms with van der Waals surface area (Å²) in [6.45, 7) is 0. The van der Waals surface area contributed by atoms with Crippen LogP contribution < -0.4 is 0 Å². The van der Waals surface area contributed by atoms with E-state index < -0.39 is 0 Å². The molecule has 2 heterocycles. The number of fused-ring (bicyclic) bond motifs is 1. The molecule has 0 saturated carbocycles. The maximum Gasteiger partial charge on any atom is 0.134 e. The van der Waals surface area contributed by atoms with Gasteiger partial charge in [0.1, 0.15) is 11.1 Å². The van der Waals surface area contributed by atoms with E-state index in [4.69, 9.17) is 0 Å². The SMILES string of the molecule is N#Cc1c(N=Cc2cccnc2)sc2c1CCC2. The number of hydrogen-bond acceptors (Lipinski definition) is 4. The minimum absolute atomic E-state index is 0.771. The molecule has 0 aromatic carbocycles. The number of nitrogens with zero attached hydrogens (tertiary/aromatic N) is 3. The lowest BCUT2D eigenvalue weighted by Gasteiger charge is -1.93. The van der Waals surface area contributed by atoms with Gasteiger partial charge in [0.25, 0.3) is 0 Å². The van der Waals surface area contributed by atoms with Gasteiger partial charge in [-0.3, -0.25) is 4.98 Å². The van der Waals surface area contributed by atoms with Gasteiger partial charge in [0, 0.05) is 29.0 Å². The Morgan fingerprint density at radius 3 is 3.17 bits per heavy atom. The molecule has 4 heteroatoms. The lowest BCUT2D eigenvalue weighted by Crippen LogP contribution is -1.82. The van der Waals surface area contributed by atoms with Gasteiger partial charge in [-0.2, -0.15) is 5.26 Å². The number of thiophene rings is 1. The molecule has 0 N–H and O–H groups in total. The summed E-state index contributed by atoms with van der Waals surface area (Å²) in [7, 11) is 0. The maximum atomic E-state index is 9.24. The van der Waals surface area contributed by atoms with Gasteiger partial charge in [0.15, 0.2) is 0 Å². The third kappa shape index (κ3) is 1.93. The number of nitriles is 1. The molecule has 0 bridgehead atoms. The molecule has 1 aliphatic rings. The van der Waals surface area contributed by atoms with Gasteiger partial charge >= 0.3 is 0 Å². The van der Waals surface area contributed by atoms with Crippen molar-refractivity contribution in [2.75, 3.05) is 0 Å². The van der Waals surface area contributed by atoms with Crippen LogP contribution in [0, 0.1) is 11.3 Å². The van der Waals surface area contributed by atoms with Gasteiger partial charge < -0.3 is 0 Å². The third-order valence-electron chi connectivity index (χ3n) is 3.03. The number of hydrogen-bond donors (Lipinski definition) is 0. The standard InChI is InChI=1S/C14H11N3S/c15-7-12-11-4-1-5-13(11)18-14(12)17-9-10-3-2-6-16-8-10/h2-3,6,8-9H,1,4-5H2. The fourth-order valence-corrected chi connectivity index (χ4v) is 3.37. The fourth-order valence-electron chi connectivity index (χ4n) is 2.18. The molecule has 2 aromatic rings. The average molecular weight is 253 g/mol. The highest BCUT2D eigenvalue weighted by Gasteiger charge is 2.21. The van der Waals surface area contributed by atoms with E-state index in [0.29, 0.717) is 0 Å². The molecule has 18 heavy (non-hydrogen) atoms. The van der Waals surface area contributed by atoms with Crippen LogP contribution in [0.15, 0.2) is 29.5 Å². The first-order valence-electron chi connectivity index (χ1n) is 5.87. The zero-order valence-corrected chi connectivity index (χ0v) is 10.6. The molecule has 0 spiro atoms. The molecule has 88 valence electrons. The normalized spacial score (nSPS) is 13.7. The van der Waals surface area contributed by atoms with Crippen LogP contribution in [0.1, 0.15) is 28.0 Å². The Morgan fingerprint density at radius 2 is 2.39 bits per heavy atom. The highest BCUT2D eigenvalue weighted by Crippen LogP contribution is 2.40. The number of aryl methyl sites for hydroxylation is 1. The maximum absolute atomic E-state index is 9.24. The van der Waals surface area contributed by atoms with E-state index in [0.717, 1.165) is 29.0 Å². The minimum Gasteiger partial charge on any atom is -0.264 e. The quantitative estimate of drug-likeness (QED) is 0.771. The molecule has 0 fully saturated rings. The molecule has 0 saturated heterocycles. The van der Waals surface area contributed by atoms with Crippen LogP contribution in [0.2, 0.25) is 0 Å². The van der Waals surface area contributed by atoms with Crippen LogP contribution in [0.25, 0.3) is 0 Å². The number of aromatic nitrogens is 1. The molecule has 0 atom stereocenters. The average Bonchev–Trinajstić information content (AvgIpc) is 2.97. The van der Waals surface area contributed by atoms with Crippen molar-refractivity contribution in [1.82, 2.24) is 4.98 Å². The Bertz CT molecular complexity index is 635. The van der Waals surface area contributed by atoms with Crippen molar-refractivity contribution in [3.05, 3.63) is 46.1 Å². The summed E-state index contributed by atoms with van der Waals surface area (Å²) in [5.41, 5.74) is 2.95. The topological polar surface area (TPSA) is 49.0 Å². The van der Waals surface area contributed by atoms with Gasteiger partial charge in [-0.25, -0.2) is 4.99 Å². The summed E-state index contributed by atoms with van der Waals surface area (Å²) < 4.78 is 0. The van der Waals surface area contributed by atoms with Gasteiger partial charge in [-0.15, -0.1) is 11.3 Å². The zero-order valence-electron chi connectivity index (χ0n) is 9.76. The predicted octanol–water partition coefficient (Wildman–Crippen LogP) is 3.25. The van der Waals surface area contributed by atoms with Crippen molar-refractivity contribution in [3.8, 4) is 6.07 Å². The number of pyridine rings is 1. The second-order valence-electron chi connectivity index (χ2n) is 4.19. The van der Waals surface area contributed by atoms with Crippen molar-refractivity contribution in [3.63, 3.8) is 0 Å². The Labute approximate surface area is 109 Å². The fraction of sp³-hybridized carbons (Fsp3) is 0.214. The number of rotatable bonds is 2. The second kappa shape index (κ2) is 4.71. The van der Waals surface area contributed by atoms with Crippen LogP contribution in [-0.4, -0.2) is 11.2 Å². The monoisotopic (exact) mass is 253 g/mol. The highest BCUT2D eigenvalue weighted by molar-refractivity contribution is 7.16. The van der Waals surface area contributed by atoms with E-state index in [9.17, 15) is 5.26 Å². The molecule has 0 aliphatic heterocycles. The highest BCUT2D eigenvalue weighted by atomic mass is 32.1. The summed E-state index contributed by atoms with van der Waals surface area (Å²) in [5, 5.41) is 10.1. The summed E-state index contributed by atoms with van der Waals surface area (Å²) in [5.74, 6) is 0. The van der Waals surface area contributed by atoms with E-state index in [2.05, 4.69) is 16.0 Å². The largest absolute Gasteiger partial charge is 0.264 e. The van der Waals surface area contributed by atoms with Crippen LogP contribution in [0.5, 0.6) is 0 Å². The molecular formula is C14H11N3S. The Kier molecular flexibility index (Phi) is 2.91. The molecule has 3 nitrogen and oxygen atoms in total. The van der Waals surface area contributed by atoms with Gasteiger partial charge in [-0.05, 0) is 30.9 Å². The van der Waals surface area contributed by atoms with Gasteiger partial charge in [0.2, 0.25) is 0 Å². The number of aliphatic imine (C=N–C) groups is 1. The van der Waals surface area contributed by atoms with Gasteiger partial charge in [-0.1, -0.05) is 6.07 Å². The second-order valence-corrected chi connectivity index (χ2v) is 5.28. The van der Waals surface area contributed by atoms with Crippen LogP contribution in [0.3, 0.4) is 0 Å². The van der Waals surface area contributed by atoms with E-state index in [-0.39, 0.29) is 0 Å². The Balaban J connectivity index is 1.95. The minimum atomic E-state index is 0.771. The first kappa shape index (κ1) is 11.1.